The highest BCUT2D eigenvalue weighted by Gasteiger charge is 2.25. The van der Waals surface area contributed by atoms with Gasteiger partial charge in [-0.3, -0.25) is 4.79 Å². The van der Waals surface area contributed by atoms with E-state index in [-0.39, 0.29) is 23.5 Å². The quantitative estimate of drug-likeness (QED) is 0.795. The first-order valence-corrected chi connectivity index (χ1v) is 5.19. The number of hydrogen-bond donors (Lipinski definition) is 1. The zero-order valence-electron chi connectivity index (χ0n) is 9.25. The maximum atomic E-state index is 11.9. The number of nitrogens with zero attached hydrogens (tertiary/aromatic N) is 2. The lowest BCUT2D eigenvalue weighted by Crippen LogP contribution is -2.44. The van der Waals surface area contributed by atoms with Crippen LogP contribution >= 0.6 is 0 Å². The predicted molar refractivity (Wildman–Crippen MR) is 54.8 cm³/mol. The van der Waals surface area contributed by atoms with Gasteiger partial charge in [-0.25, -0.2) is 4.79 Å². The van der Waals surface area contributed by atoms with Crippen LogP contribution in [0.15, 0.2) is 10.6 Å². The second-order valence-electron chi connectivity index (χ2n) is 3.81. The van der Waals surface area contributed by atoms with Gasteiger partial charge in [0.2, 0.25) is 5.76 Å². The highest BCUT2D eigenvalue weighted by atomic mass is 16.5. The van der Waals surface area contributed by atoms with Gasteiger partial charge in [0, 0.05) is 19.2 Å². The van der Waals surface area contributed by atoms with Crippen molar-refractivity contribution in [2.24, 2.45) is 0 Å². The number of aromatic carboxylic acids is 1. The molecule has 0 radical (unpaired) electrons. The fourth-order valence-corrected chi connectivity index (χ4v) is 1.64. The molecule has 0 aromatic carbocycles. The molecule has 1 atom stereocenters. The Balaban J connectivity index is 2.10. The lowest BCUT2D eigenvalue weighted by atomic mass is 10.2. The standard InChI is InChI=1S/C10H12N2O5/c1-6-5-12(2-3-16-6)9(13)7-4-8(10(14)15)17-11-7/h4,6H,2-3,5H2,1H3,(H,14,15). The molecule has 1 aromatic heterocycles. The molecule has 0 bridgehead atoms. The summed E-state index contributed by atoms with van der Waals surface area (Å²) in [5.74, 6) is -1.92. The van der Waals surface area contributed by atoms with Crippen LogP contribution in [0.4, 0.5) is 0 Å². The SMILES string of the molecule is CC1CN(C(=O)c2cc(C(=O)O)on2)CCO1. The molecule has 1 aliphatic rings. The summed E-state index contributed by atoms with van der Waals surface area (Å²) in [7, 11) is 0. The summed E-state index contributed by atoms with van der Waals surface area (Å²) in [4.78, 5) is 24.1. The molecule has 17 heavy (non-hydrogen) atoms. The van der Waals surface area contributed by atoms with E-state index in [1.54, 1.807) is 4.90 Å². The van der Waals surface area contributed by atoms with Gasteiger partial charge < -0.3 is 19.3 Å². The van der Waals surface area contributed by atoms with Crippen molar-refractivity contribution >= 4 is 11.9 Å². The first-order valence-electron chi connectivity index (χ1n) is 5.19. The summed E-state index contributed by atoms with van der Waals surface area (Å²) in [6.45, 7) is 3.27. The van der Waals surface area contributed by atoms with Gasteiger partial charge >= 0.3 is 5.97 Å². The van der Waals surface area contributed by atoms with Crippen LogP contribution in [-0.4, -0.2) is 52.8 Å². The molecule has 0 saturated carbocycles. The summed E-state index contributed by atoms with van der Waals surface area (Å²) in [6, 6.07) is 1.13. The normalized spacial score (nSPS) is 20.3. The van der Waals surface area contributed by atoms with Crippen LogP contribution in [0.2, 0.25) is 0 Å². The summed E-state index contributed by atoms with van der Waals surface area (Å²) in [5, 5.41) is 12.1. The van der Waals surface area contributed by atoms with Gasteiger partial charge in [-0.1, -0.05) is 5.16 Å². The third-order valence-corrected chi connectivity index (χ3v) is 2.47. The smallest absolute Gasteiger partial charge is 0.374 e. The Hall–Kier alpha value is -1.89. The zero-order valence-corrected chi connectivity index (χ0v) is 9.25. The number of carboxylic acid groups (broad SMARTS) is 1. The molecule has 7 heteroatoms. The van der Waals surface area contributed by atoms with Crippen molar-refractivity contribution in [1.82, 2.24) is 10.1 Å². The monoisotopic (exact) mass is 240 g/mol. The van der Waals surface area contributed by atoms with E-state index in [9.17, 15) is 9.59 Å². The number of rotatable bonds is 2. The summed E-state index contributed by atoms with van der Waals surface area (Å²) >= 11 is 0. The number of morpholine rings is 1. The number of aromatic nitrogens is 1. The molecule has 1 amide bonds. The van der Waals surface area contributed by atoms with E-state index in [4.69, 9.17) is 9.84 Å². The maximum Gasteiger partial charge on any atom is 0.374 e. The summed E-state index contributed by atoms with van der Waals surface area (Å²) in [6.07, 6.45) is -0.0291. The minimum atomic E-state index is -1.24. The lowest BCUT2D eigenvalue weighted by molar-refractivity contribution is -0.0127. The van der Waals surface area contributed by atoms with Crippen molar-refractivity contribution in [3.05, 3.63) is 17.5 Å². The number of ether oxygens (including phenoxy) is 1. The average molecular weight is 240 g/mol. The van der Waals surface area contributed by atoms with E-state index in [1.807, 2.05) is 6.92 Å². The van der Waals surface area contributed by atoms with Crippen molar-refractivity contribution in [2.45, 2.75) is 13.0 Å². The average Bonchev–Trinajstić information content (AvgIpc) is 2.77. The molecule has 0 aliphatic carbocycles. The van der Waals surface area contributed by atoms with Crippen molar-refractivity contribution in [3.63, 3.8) is 0 Å². The van der Waals surface area contributed by atoms with Crippen LogP contribution in [0.25, 0.3) is 0 Å². The van der Waals surface area contributed by atoms with E-state index in [1.165, 1.54) is 0 Å². The van der Waals surface area contributed by atoms with Crippen molar-refractivity contribution in [2.75, 3.05) is 19.7 Å². The number of carbonyl (C=O) groups is 2. The third-order valence-electron chi connectivity index (χ3n) is 2.47. The van der Waals surface area contributed by atoms with E-state index >= 15 is 0 Å². The number of carboxylic acids is 1. The largest absolute Gasteiger partial charge is 0.475 e. The highest BCUT2D eigenvalue weighted by molar-refractivity contribution is 5.94. The molecule has 1 unspecified atom stereocenters. The molecule has 1 aliphatic heterocycles. The van der Waals surface area contributed by atoms with Crippen LogP contribution in [0.1, 0.15) is 28.0 Å². The van der Waals surface area contributed by atoms with E-state index in [0.717, 1.165) is 6.07 Å². The Morgan fingerprint density at radius 2 is 2.35 bits per heavy atom. The Kier molecular flexibility index (Phi) is 3.10. The molecule has 7 nitrogen and oxygen atoms in total. The minimum Gasteiger partial charge on any atom is -0.475 e. The van der Waals surface area contributed by atoms with Gasteiger partial charge in [0.25, 0.3) is 5.91 Å². The number of hydrogen-bond acceptors (Lipinski definition) is 5. The molecular formula is C10H12N2O5. The van der Waals surface area contributed by atoms with Gasteiger partial charge in [-0.2, -0.15) is 0 Å². The number of amides is 1. The first-order chi connectivity index (χ1) is 8.08. The van der Waals surface area contributed by atoms with Gasteiger partial charge in [0.05, 0.1) is 12.7 Å². The van der Waals surface area contributed by atoms with E-state index in [2.05, 4.69) is 9.68 Å². The van der Waals surface area contributed by atoms with Crippen LogP contribution < -0.4 is 0 Å². The van der Waals surface area contributed by atoms with Crippen molar-refractivity contribution in [3.8, 4) is 0 Å². The Bertz CT molecular complexity index is 442. The van der Waals surface area contributed by atoms with Crippen LogP contribution in [-0.2, 0) is 4.74 Å². The minimum absolute atomic E-state index is 0.0106. The first kappa shape index (κ1) is 11.6. The topological polar surface area (TPSA) is 92.9 Å². The Morgan fingerprint density at radius 1 is 1.59 bits per heavy atom. The molecule has 92 valence electrons. The van der Waals surface area contributed by atoms with Crippen LogP contribution in [0.3, 0.4) is 0 Å². The van der Waals surface area contributed by atoms with Gasteiger partial charge in [-0.05, 0) is 6.92 Å². The van der Waals surface area contributed by atoms with Crippen LogP contribution in [0, 0.1) is 0 Å². The van der Waals surface area contributed by atoms with Gasteiger partial charge in [-0.15, -0.1) is 0 Å². The van der Waals surface area contributed by atoms with E-state index < -0.39 is 5.97 Å². The molecule has 1 saturated heterocycles. The van der Waals surface area contributed by atoms with Gasteiger partial charge in [0.15, 0.2) is 5.69 Å². The maximum absolute atomic E-state index is 11.9. The number of carbonyl (C=O) groups excluding carboxylic acids is 1. The fourth-order valence-electron chi connectivity index (χ4n) is 1.64. The van der Waals surface area contributed by atoms with Crippen molar-refractivity contribution in [1.29, 1.82) is 0 Å². The Morgan fingerprint density at radius 3 is 2.94 bits per heavy atom. The van der Waals surface area contributed by atoms with Crippen molar-refractivity contribution < 1.29 is 24.0 Å². The molecular weight excluding hydrogens is 228 g/mol. The van der Waals surface area contributed by atoms with Crippen LogP contribution in [0.5, 0.6) is 0 Å². The molecule has 0 spiro atoms. The molecule has 2 heterocycles. The molecule has 1 aromatic rings. The summed E-state index contributed by atoms with van der Waals surface area (Å²) in [5.41, 5.74) is 0.0106. The third kappa shape index (κ3) is 2.44. The lowest BCUT2D eigenvalue weighted by Gasteiger charge is -2.30. The van der Waals surface area contributed by atoms with Gasteiger partial charge in [0.1, 0.15) is 0 Å². The summed E-state index contributed by atoms with van der Waals surface area (Å²) < 4.78 is 9.84. The fraction of sp³-hybridized carbons (Fsp3) is 0.500. The highest BCUT2D eigenvalue weighted by Crippen LogP contribution is 2.11. The molecule has 2 rings (SSSR count). The second kappa shape index (κ2) is 4.54. The predicted octanol–water partition coefficient (Wildman–Crippen LogP) is 0.234. The molecule has 1 fully saturated rings. The Labute approximate surface area is 96.9 Å². The zero-order chi connectivity index (χ0) is 12.4. The molecule has 1 N–H and O–H groups in total. The second-order valence-corrected chi connectivity index (χ2v) is 3.81. The van der Waals surface area contributed by atoms with E-state index in [0.29, 0.717) is 19.7 Å².